The first-order valence-corrected chi connectivity index (χ1v) is 10.6. The zero-order valence-corrected chi connectivity index (χ0v) is 33.4. The van der Waals surface area contributed by atoms with Crippen LogP contribution in [0.15, 0.2) is 0 Å². The molecule has 0 aromatic heterocycles. The van der Waals surface area contributed by atoms with Crippen molar-refractivity contribution in [1.29, 1.82) is 63.1 Å². The van der Waals surface area contributed by atoms with Crippen molar-refractivity contribution in [3.05, 3.63) is 78.9 Å². The predicted molar refractivity (Wildman–Crippen MR) is 175 cm³/mol. The molecule has 0 aliphatic rings. The minimum absolute atomic E-state index is 0. The summed E-state index contributed by atoms with van der Waals surface area (Å²) in [6.07, 6.45) is 0. The molecule has 0 spiro atoms. The second-order valence-corrected chi connectivity index (χ2v) is 3.46. The largest absolute Gasteiger partial charge is 3.00 e. The molecule has 0 bridgehead atoms. The van der Waals surface area contributed by atoms with E-state index in [9.17, 15) is 0 Å². The topological polar surface area (TPSA) is 661 Å². The first-order valence-electron chi connectivity index (χ1n) is 10.6. The average molecular weight is 938 g/mol. The van der Waals surface area contributed by atoms with Gasteiger partial charge in [-0.1, -0.05) is 0 Å². The van der Waals surface area contributed by atoms with Crippen LogP contribution in [0.1, 0.15) is 0 Å². The van der Waals surface area contributed by atoms with Crippen molar-refractivity contribution < 1.29 is 78.6 Å². The van der Waals surface area contributed by atoms with Crippen molar-refractivity contribution in [1.82, 2.24) is 0 Å². The van der Waals surface area contributed by atoms with Gasteiger partial charge >= 0.3 is 67.7 Å². The van der Waals surface area contributed by atoms with Crippen LogP contribution in [0.25, 0.3) is 0 Å². The summed E-state index contributed by atoms with van der Waals surface area (Å²) < 4.78 is 0. The molecule has 0 saturated heterocycles. The third-order valence-corrected chi connectivity index (χ3v) is 1.00. The summed E-state index contributed by atoms with van der Waals surface area (Å²) in [6.45, 7) is 64.2. The monoisotopic (exact) mass is 938 g/mol. The first kappa shape index (κ1) is 179. The summed E-state index contributed by atoms with van der Waals surface area (Å²) in [5.74, 6) is 0. The maximum absolute atomic E-state index is 6.25. The normalized spacial score (nSPS) is 3.78. The van der Waals surface area contributed by atoms with Crippen molar-refractivity contribution in [2.45, 2.75) is 0 Å². The van der Waals surface area contributed by atoms with Gasteiger partial charge in [-0.2, -0.15) is 0 Å². The van der Waals surface area contributed by atoms with E-state index in [4.69, 9.17) is 211 Å². The molecule has 314 valence electrons. The second-order valence-electron chi connectivity index (χ2n) is 3.46. The Kier molecular flexibility index (Phi) is 6640. The molecule has 0 saturated carbocycles. The molecule has 0 aliphatic heterocycles. The van der Waals surface area contributed by atoms with Gasteiger partial charge in [-0.15, -0.1) is 0 Å². The Balaban J connectivity index is -0.00000000806. The number of rotatable bonds is 6. The van der Waals surface area contributed by atoms with Crippen molar-refractivity contribution in [3.63, 3.8) is 0 Å². The summed E-state index contributed by atoms with van der Waals surface area (Å²) >= 11 is 0. The number of hydrogen-bond acceptors (Lipinski definition) is 24. The van der Waals surface area contributed by atoms with E-state index in [0.29, 0.717) is 78.5 Å². The van der Waals surface area contributed by atoms with Crippen LogP contribution < -0.4 is 68.8 Å². The Morgan fingerprint density at radius 3 is 0.204 bits per heavy atom. The quantitative estimate of drug-likeness (QED) is 0.0869. The molecular formula is C24H52Co2Fe2N24O2. The van der Waals surface area contributed by atoms with E-state index in [2.05, 4.69) is 0 Å². The molecular weight excluding hydrogens is 886 g/mol. The van der Waals surface area contributed by atoms with E-state index in [0.717, 1.165) is 0 Å². The fourth-order valence-electron chi connectivity index (χ4n) is 0. The Labute approximate surface area is 366 Å². The van der Waals surface area contributed by atoms with E-state index < -0.39 is 0 Å². The minimum atomic E-state index is 0. The molecule has 0 atom stereocenters. The van der Waals surface area contributed by atoms with Gasteiger partial charge in [-0.05, 0) is 0 Å². The Hall–Kier alpha value is -4.63. The third-order valence-electron chi connectivity index (χ3n) is 1.00. The van der Waals surface area contributed by atoms with Crippen molar-refractivity contribution in [3.8, 4) is 0 Å². The molecule has 2 radical (unpaired) electrons. The van der Waals surface area contributed by atoms with Crippen molar-refractivity contribution in [2.75, 3.05) is 78.5 Å². The number of nitrogens with two attached hydrogens (primary N) is 12. The molecule has 54 heavy (non-hydrogen) atoms. The SMILES string of the molecule is NCCN.NCCN.NCCN.NCCN.NCCN.NCCN.O.O.[C-]#N.[C-]#N.[C-]#N.[C-]#N.[C-]#N.[C-]#N.[C-]#N.[C-]#N.[C-]#N.[C-]#N.[C-]#N.[C-]#N.[Co+3].[Co+3].[Fe+3].[Fe+3]. The predicted octanol–water partition coefficient (Wildman–Crippen LogP) is -7.08. The zero-order valence-electron chi connectivity index (χ0n) is 29.2. The molecule has 0 aromatic rings. The molecule has 0 rings (SSSR count). The summed E-state index contributed by atoms with van der Waals surface area (Å²) in [5.41, 5.74) is 58.8. The molecule has 0 fully saturated rings. The summed E-state index contributed by atoms with van der Waals surface area (Å²) in [6, 6.07) is 0. The minimum Gasteiger partial charge on any atom is -0.512 e. The second kappa shape index (κ2) is 2000. The van der Waals surface area contributed by atoms with E-state index in [-0.39, 0.29) is 78.6 Å². The van der Waals surface area contributed by atoms with Crippen LogP contribution in [0.4, 0.5) is 0 Å². The van der Waals surface area contributed by atoms with Crippen LogP contribution in [0.2, 0.25) is 0 Å². The van der Waals surface area contributed by atoms with Gasteiger partial charge in [-0.25, -0.2) is 0 Å². The zero-order chi connectivity index (χ0) is 44.5. The van der Waals surface area contributed by atoms with Gasteiger partial charge in [-0.3, -0.25) is 0 Å². The van der Waals surface area contributed by atoms with Crippen LogP contribution >= 0.6 is 0 Å². The molecule has 28 N–H and O–H groups in total. The van der Waals surface area contributed by atoms with Gasteiger partial charge in [0.15, 0.2) is 0 Å². The standard InChI is InChI=1S/6C2H8N2.12CN.2Co.2Fe.2H2O/c6*3-1-2-4;12*1-2;;;;;;/h6*1-4H2;;;;;;;;;;;;;;;;;2*1H2/q;;;;;;12*-1;4*+3;;. The Morgan fingerprint density at radius 1 is 0.185 bits per heavy atom. The van der Waals surface area contributed by atoms with Crippen LogP contribution in [-0.4, -0.2) is 89.5 Å². The van der Waals surface area contributed by atoms with E-state index in [1.165, 1.54) is 0 Å². The van der Waals surface area contributed by atoms with E-state index in [1.54, 1.807) is 0 Å². The van der Waals surface area contributed by atoms with Gasteiger partial charge < -0.3 is 222 Å². The molecule has 0 aromatic carbocycles. The summed E-state index contributed by atoms with van der Waals surface area (Å²) in [5, 5.41) is 75.0. The maximum atomic E-state index is 6.25. The van der Waals surface area contributed by atoms with Gasteiger partial charge in [0.2, 0.25) is 0 Å². The van der Waals surface area contributed by atoms with E-state index >= 15 is 0 Å². The van der Waals surface area contributed by atoms with Crippen LogP contribution in [0.3, 0.4) is 0 Å². The molecule has 0 heterocycles. The number of nitrogens with zero attached hydrogens (tertiary/aromatic N) is 12. The van der Waals surface area contributed by atoms with Crippen LogP contribution in [0, 0.1) is 142 Å². The molecule has 0 aliphatic carbocycles. The van der Waals surface area contributed by atoms with Gasteiger partial charge in [0.05, 0.1) is 0 Å². The average Bonchev–Trinajstić information content (AvgIpc) is 3.26. The van der Waals surface area contributed by atoms with Crippen molar-refractivity contribution in [2.24, 2.45) is 68.8 Å². The third kappa shape index (κ3) is 54100. The smallest absolute Gasteiger partial charge is 0.512 e. The van der Waals surface area contributed by atoms with Gasteiger partial charge in [0.1, 0.15) is 0 Å². The maximum Gasteiger partial charge on any atom is 3.00 e. The summed E-state index contributed by atoms with van der Waals surface area (Å²) in [4.78, 5) is 0. The van der Waals surface area contributed by atoms with E-state index in [1.807, 2.05) is 0 Å². The fourth-order valence-corrected chi connectivity index (χ4v) is 0. The molecule has 0 amide bonds. The fraction of sp³-hybridized carbons (Fsp3) is 0.500. The van der Waals surface area contributed by atoms with Gasteiger partial charge in [0.25, 0.3) is 0 Å². The van der Waals surface area contributed by atoms with Crippen LogP contribution in [0.5, 0.6) is 0 Å². The van der Waals surface area contributed by atoms with Crippen molar-refractivity contribution >= 4 is 0 Å². The Morgan fingerprint density at radius 2 is 0.204 bits per heavy atom. The summed E-state index contributed by atoms with van der Waals surface area (Å²) in [7, 11) is 0. The van der Waals surface area contributed by atoms with Crippen LogP contribution in [-0.2, 0) is 67.7 Å². The first-order chi connectivity index (χ1) is 23.5. The molecule has 30 heteroatoms. The number of hydrogen-bond donors (Lipinski definition) is 12. The molecule has 26 nitrogen and oxygen atoms in total. The molecule has 0 unspecified atom stereocenters. The Bertz CT molecular complexity index is 392. The van der Waals surface area contributed by atoms with Gasteiger partial charge in [0, 0.05) is 78.5 Å².